The lowest BCUT2D eigenvalue weighted by molar-refractivity contribution is -0.129. The molecule has 0 bridgehead atoms. The number of phenolic OH excluding ortho intramolecular Hbond substituents is 1. The van der Waals surface area contributed by atoms with Crippen LogP contribution in [0.15, 0.2) is 43.2 Å². The third-order valence-electron chi connectivity index (χ3n) is 5.49. The van der Waals surface area contributed by atoms with E-state index in [4.69, 9.17) is 11.6 Å². The first kappa shape index (κ1) is 25.3. The minimum absolute atomic E-state index is 0.0952. The summed E-state index contributed by atoms with van der Waals surface area (Å²) in [5.41, 5.74) is -0.745. The normalized spacial score (nSPS) is 15.6. The molecule has 0 radical (unpaired) electrons. The summed E-state index contributed by atoms with van der Waals surface area (Å²) in [5, 5.41) is 20.0. The number of aliphatic hydroxyl groups excluding tert-OH is 1. The zero-order chi connectivity index (χ0) is 25.0. The van der Waals surface area contributed by atoms with Crippen LogP contribution in [-0.2, 0) is 4.79 Å². The molecular formula is C24H25ClF2N4O3. The second-order valence-electron chi connectivity index (χ2n) is 7.29. The quantitative estimate of drug-likeness (QED) is 0.534. The SMILES string of the molecule is C=CC(=O)N1CCN(c2ncnc3c(F)c(-c4c(O)cccc4F)c(Cl)cc23)CC1CO.CC. The lowest BCUT2D eigenvalue weighted by atomic mass is 10.0. The summed E-state index contributed by atoms with van der Waals surface area (Å²) in [4.78, 5) is 23.6. The average Bonchev–Trinajstić information content (AvgIpc) is 2.85. The molecule has 2 aromatic carbocycles. The molecule has 1 saturated heterocycles. The van der Waals surface area contributed by atoms with E-state index < -0.39 is 23.4 Å². The number of phenols is 1. The van der Waals surface area contributed by atoms with Crippen LogP contribution < -0.4 is 4.90 Å². The van der Waals surface area contributed by atoms with E-state index in [0.717, 1.165) is 6.07 Å². The number of piperazine rings is 1. The Labute approximate surface area is 200 Å². The van der Waals surface area contributed by atoms with E-state index in [2.05, 4.69) is 16.5 Å². The van der Waals surface area contributed by atoms with E-state index in [9.17, 15) is 19.4 Å². The van der Waals surface area contributed by atoms with Gasteiger partial charge in [0.1, 0.15) is 29.2 Å². The van der Waals surface area contributed by atoms with Gasteiger partial charge < -0.3 is 20.0 Å². The van der Waals surface area contributed by atoms with E-state index in [0.29, 0.717) is 18.9 Å². The van der Waals surface area contributed by atoms with Crippen molar-refractivity contribution in [3.05, 3.63) is 59.9 Å². The van der Waals surface area contributed by atoms with Gasteiger partial charge in [-0.3, -0.25) is 4.79 Å². The van der Waals surface area contributed by atoms with Crippen LogP contribution in [0.25, 0.3) is 22.0 Å². The van der Waals surface area contributed by atoms with Gasteiger partial charge in [0.15, 0.2) is 5.82 Å². The summed E-state index contributed by atoms with van der Waals surface area (Å²) < 4.78 is 29.9. The number of rotatable bonds is 4. The first-order valence-corrected chi connectivity index (χ1v) is 11.1. The van der Waals surface area contributed by atoms with Crippen LogP contribution in [0.1, 0.15) is 13.8 Å². The molecule has 34 heavy (non-hydrogen) atoms. The first-order valence-electron chi connectivity index (χ1n) is 10.8. The average molecular weight is 491 g/mol. The molecule has 10 heteroatoms. The monoisotopic (exact) mass is 490 g/mol. The standard InChI is InChI=1S/C22H19ClF2N4O3.C2H6/c1-2-17(32)29-7-6-28(9-12(29)10-30)22-13-8-14(23)18(20(25)21(13)26-11-27-22)19-15(24)4-3-5-16(19)31;1-2/h2-5,8,11-12,30-31H,1,6-7,9-10H2;1-2H3. The third kappa shape index (κ3) is 4.53. The van der Waals surface area contributed by atoms with Crippen molar-refractivity contribution in [2.24, 2.45) is 0 Å². The predicted molar refractivity (Wildman–Crippen MR) is 128 cm³/mol. The van der Waals surface area contributed by atoms with Gasteiger partial charge in [0.05, 0.1) is 23.2 Å². The summed E-state index contributed by atoms with van der Waals surface area (Å²) in [5.74, 6) is -2.10. The first-order chi connectivity index (χ1) is 16.4. The smallest absolute Gasteiger partial charge is 0.246 e. The number of hydrogen-bond acceptors (Lipinski definition) is 6. The van der Waals surface area contributed by atoms with Gasteiger partial charge in [0, 0.05) is 30.6 Å². The largest absolute Gasteiger partial charge is 0.507 e. The predicted octanol–water partition coefficient (Wildman–Crippen LogP) is 4.16. The highest BCUT2D eigenvalue weighted by Gasteiger charge is 2.31. The number of aromatic nitrogens is 2. The highest BCUT2D eigenvalue weighted by Crippen LogP contribution is 2.42. The van der Waals surface area contributed by atoms with Crippen molar-refractivity contribution >= 4 is 34.2 Å². The van der Waals surface area contributed by atoms with Crippen molar-refractivity contribution in [3.63, 3.8) is 0 Å². The minimum atomic E-state index is -0.893. The van der Waals surface area contributed by atoms with Gasteiger partial charge in [-0.05, 0) is 24.3 Å². The number of aliphatic hydroxyl groups is 1. The van der Waals surface area contributed by atoms with Crippen LogP contribution in [0, 0.1) is 11.6 Å². The molecule has 2 heterocycles. The van der Waals surface area contributed by atoms with Crippen LogP contribution in [-0.4, -0.2) is 63.3 Å². The number of amides is 1. The van der Waals surface area contributed by atoms with Gasteiger partial charge in [-0.25, -0.2) is 18.7 Å². The van der Waals surface area contributed by atoms with Crippen molar-refractivity contribution in [2.75, 3.05) is 31.1 Å². The number of halogens is 3. The molecule has 0 saturated carbocycles. The van der Waals surface area contributed by atoms with E-state index in [1.165, 1.54) is 35.5 Å². The second-order valence-corrected chi connectivity index (χ2v) is 7.70. The number of anilines is 1. The molecule has 0 spiro atoms. The lowest BCUT2D eigenvalue weighted by Crippen LogP contribution is -2.56. The maximum Gasteiger partial charge on any atom is 0.246 e. The van der Waals surface area contributed by atoms with Crippen molar-refractivity contribution in [1.82, 2.24) is 14.9 Å². The van der Waals surface area contributed by atoms with Gasteiger partial charge in [-0.2, -0.15) is 0 Å². The second kappa shape index (κ2) is 10.8. The highest BCUT2D eigenvalue weighted by atomic mass is 35.5. The fraction of sp³-hybridized carbons (Fsp3) is 0.292. The van der Waals surface area contributed by atoms with Crippen LogP contribution in [0.3, 0.4) is 0 Å². The molecular weight excluding hydrogens is 466 g/mol. The Morgan fingerprint density at radius 2 is 2.00 bits per heavy atom. The molecule has 180 valence electrons. The van der Waals surface area contributed by atoms with Crippen molar-refractivity contribution in [3.8, 4) is 16.9 Å². The Kier molecular flexibility index (Phi) is 8.01. The van der Waals surface area contributed by atoms with E-state index >= 15 is 4.39 Å². The Morgan fingerprint density at radius 1 is 1.26 bits per heavy atom. The molecule has 7 nitrogen and oxygen atoms in total. The highest BCUT2D eigenvalue weighted by molar-refractivity contribution is 6.34. The number of aromatic hydroxyl groups is 1. The number of nitrogens with zero attached hydrogens (tertiary/aromatic N) is 4. The summed E-state index contributed by atoms with van der Waals surface area (Å²) >= 11 is 6.34. The topological polar surface area (TPSA) is 89.8 Å². The van der Waals surface area contributed by atoms with Gasteiger partial charge in [-0.1, -0.05) is 38.1 Å². The Hall–Kier alpha value is -3.30. The van der Waals surface area contributed by atoms with E-state index in [1.54, 1.807) is 4.90 Å². The van der Waals surface area contributed by atoms with Crippen LogP contribution >= 0.6 is 11.6 Å². The summed E-state index contributed by atoms with van der Waals surface area (Å²) in [6.45, 7) is 8.13. The van der Waals surface area contributed by atoms with Crippen LogP contribution in [0.2, 0.25) is 5.02 Å². The molecule has 1 amide bonds. The maximum atomic E-state index is 15.5. The number of carbonyl (C=O) groups excluding carboxylic acids is 1. The van der Waals surface area contributed by atoms with Crippen molar-refractivity contribution < 1.29 is 23.8 Å². The lowest BCUT2D eigenvalue weighted by Gasteiger charge is -2.41. The van der Waals surface area contributed by atoms with Crippen LogP contribution in [0.4, 0.5) is 14.6 Å². The molecule has 1 fully saturated rings. The number of hydrogen-bond donors (Lipinski definition) is 2. The zero-order valence-electron chi connectivity index (χ0n) is 18.8. The molecule has 1 aliphatic rings. The molecule has 1 unspecified atom stereocenters. The summed E-state index contributed by atoms with van der Waals surface area (Å²) in [6, 6.07) is 4.55. The fourth-order valence-electron chi connectivity index (χ4n) is 3.97. The van der Waals surface area contributed by atoms with Crippen LogP contribution in [0.5, 0.6) is 5.75 Å². The summed E-state index contributed by atoms with van der Waals surface area (Å²) in [7, 11) is 0. The Bertz CT molecular complexity index is 1200. The molecule has 1 aromatic heterocycles. The minimum Gasteiger partial charge on any atom is -0.507 e. The number of fused-ring (bicyclic) bond motifs is 1. The fourth-order valence-corrected chi connectivity index (χ4v) is 4.26. The zero-order valence-corrected chi connectivity index (χ0v) is 19.6. The Morgan fingerprint density at radius 3 is 2.65 bits per heavy atom. The van der Waals surface area contributed by atoms with Gasteiger partial charge in [0.25, 0.3) is 0 Å². The van der Waals surface area contributed by atoms with Gasteiger partial charge in [-0.15, -0.1) is 0 Å². The van der Waals surface area contributed by atoms with Gasteiger partial charge in [0.2, 0.25) is 5.91 Å². The molecule has 1 atom stereocenters. The van der Waals surface area contributed by atoms with Crippen molar-refractivity contribution in [2.45, 2.75) is 19.9 Å². The van der Waals surface area contributed by atoms with E-state index in [1.807, 2.05) is 13.8 Å². The van der Waals surface area contributed by atoms with E-state index in [-0.39, 0.29) is 46.1 Å². The van der Waals surface area contributed by atoms with Gasteiger partial charge >= 0.3 is 0 Å². The van der Waals surface area contributed by atoms with Crippen molar-refractivity contribution in [1.29, 1.82) is 0 Å². The Balaban J connectivity index is 0.00000158. The molecule has 1 aliphatic heterocycles. The molecule has 2 N–H and O–H groups in total. The molecule has 3 aromatic rings. The number of benzene rings is 2. The molecule has 4 rings (SSSR count). The maximum absolute atomic E-state index is 15.5. The molecule has 0 aliphatic carbocycles. The number of carbonyl (C=O) groups is 1. The third-order valence-corrected chi connectivity index (χ3v) is 5.79. The summed E-state index contributed by atoms with van der Waals surface area (Å²) in [6.07, 6.45) is 2.36.